The summed E-state index contributed by atoms with van der Waals surface area (Å²) in [4.78, 5) is 32.3. The number of benzene rings is 1. The van der Waals surface area contributed by atoms with E-state index < -0.39 is 6.04 Å². The highest BCUT2D eigenvalue weighted by Gasteiger charge is 2.59. The Morgan fingerprint density at radius 2 is 2.00 bits per heavy atom. The number of piperidine rings is 1. The summed E-state index contributed by atoms with van der Waals surface area (Å²) in [6.45, 7) is 1.04. The van der Waals surface area contributed by atoms with Crippen molar-refractivity contribution in [2.24, 2.45) is 11.7 Å². The molecule has 1 aromatic rings. The van der Waals surface area contributed by atoms with Gasteiger partial charge >= 0.3 is 0 Å². The zero-order chi connectivity index (χ0) is 22.2. The van der Waals surface area contributed by atoms with Gasteiger partial charge in [-0.05, 0) is 62.1 Å². The number of hydrogen-bond donors (Lipinski definition) is 1. The predicted molar refractivity (Wildman–Crippen MR) is 113 cm³/mol. The first-order valence-electron chi connectivity index (χ1n) is 11.7. The van der Waals surface area contributed by atoms with Gasteiger partial charge in [0.15, 0.2) is 0 Å². The van der Waals surface area contributed by atoms with Crippen LogP contribution in [-0.2, 0) is 15.1 Å². The number of carbonyl (C=O) groups excluding carboxylic acids is 2. The van der Waals surface area contributed by atoms with Crippen LogP contribution in [0, 0.1) is 23.1 Å². The summed E-state index contributed by atoms with van der Waals surface area (Å²) in [5, 5.41) is 9.39. The number of likely N-dealkylation sites (tertiary alicyclic amines) is 3. The summed E-state index contributed by atoms with van der Waals surface area (Å²) in [5.41, 5.74) is 7.00. The molecule has 5 fully saturated rings. The maximum Gasteiger partial charge on any atom is 0.242 e. The molecule has 2 amide bonds. The van der Waals surface area contributed by atoms with Gasteiger partial charge in [-0.15, -0.1) is 0 Å². The summed E-state index contributed by atoms with van der Waals surface area (Å²) in [6, 6.07) is 7.75. The molecule has 2 saturated carbocycles. The number of hydrogen-bond acceptors (Lipinski definition) is 5. The summed E-state index contributed by atoms with van der Waals surface area (Å²) in [5.74, 6) is 0.133. The molecule has 0 radical (unpaired) electrons. The van der Waals surface area contributed by atoms with Crippen LogP contribution in [0.2, 0.25) is 0 Å². The van der Waals surface area contributed by atoms with E-state index in [4.69, 9.17) is 5.73 Å². The molecule has 1 unspecified atom stereocenters. The highest BCUT2D eigenvalue weighted by atomic mass is 19.1. The van der Waals surface area contributed by atoms with E-state index >= 15 is 0 Å². The first-order valence-corrected chi connectivity index (χ1v) is 11.7. The summed E-state index contributed by atoms with van der Waals surface area (Å²) >= 11 is 0. The molecule has 6 atom stereocenters. The van der Waals surface area contributed by atoms with Gasteiger partial charge in [0.05, 0.1) is 23.7 Å². The van der Waals surface area contributed by atoms with Crippen LogP contribution >= 0.6 is 0 Å². The summed E-state index contributed by atoms with van der Waals surface area (Å²) in [7, 11) is 0. The van der Waals surface area contributed by atoms with Gasteiger partial charge in [0.1, 0.15) is 11.9 Å². The minimum absolute atomic E-state index is 0.0895. The van der Waals surface area contributed by atoms with E-state index in [9.17, 15) is 19.2 Å². The highest BCUT2D eigenvalue weighted by molar-refractivity contribution is 5.87. The third-order valence-corrected chi connectivity index (χ3v) is 8.55. The van der Waals surface area contributed by atoms with Gasteiger partial charge in [-0.1, -0.05) is 12.1 Å². The van der Waals surface area contributed by atoms with Crippen molar-refractivity contribution in [3.63, 3.8) is 0 Å². The number of nitrogens with two attached hydrogens (primary N) is 1. The number of amides is 2. The normalized spacial score (nSPS) is 35.4. The molecule has 1 aromatic carbocycles. The van der Waals surface area contributed by atoms with Crippen molar-refractivity contribution in [1.82, 2.24) is 14.7 Å². The molecule has 8 heteroatoms. The molecule has 2 N–H and O–H groups in total. The molecular formula is C24H28FN5O2. The van der Waals surface area contributed by atoms with E-state index in [-0.39, 0.29) is 47.3 Å². The Hall–Kier alpha value is -2.50. The number of carbonyl (C=O) groups is 2. The Kier molecular flexibility index (Phi) is 4.40. The molecule has 7 nitrogen and oxygen atoms in total. The van der Waals surface area contributed by atoms with Crippen LogP contribution in [0.4, 0.5) is 4.39 Å². The second-order valence-electron chi connectivity index (χ2n) is 10.3. The van der Waals surface area contributed by atoms with Gasteiger partial charge in [-0.2, -0.15) is 5.26 Å². The lowest BCUT2D eigenvalue weighted by molar-refractivity contribution is -0.150. The van der Waals surface area contributed by atoms with E-state index in [0.29, 0.717) is 19.0 Å². The van der Waals surface area contributed by atoms with Crippen LogP contribution in [0.15, 0.2) is 24.3 Å². The maximum atomic E-state index is 13.5. The van der Waals surface area contributed by atoms with Crippen molar-refractivity contribution >= 4 is 11.8 Å². The second-order valence-corrected chi connectivity index (χ2v) is 10.3. The van der Waals surface area contributed by atoms with Crippen LogP contribution < -0.4 is 5.73 Å². The van der Waals surface area contributed by atoms with E-state index in [1.807, 2.05) is 12.1 Å². The van der Waals surface area contributed by atoms with Gasteiger partial charge < -0.3 is 15.5 Å². The van der Waals surface area contributed by atoms with Crippen LogP contribution in [0.25, 0.3) is 0 Å². The van der Waals surface area contributed by atoms with Crippen molar-refractivity contribution in [3.8, 4) is 6.07 Å². The number of halogens is 1. The number of piperazine rings is 1. The fourth-order valence-electron chi connectivity index (χ4n) is 6.78. The molecule has 3 saturated heterocycles. The lowest BCUT2D eigenvalue weighted by Gasteiger charge is -2.53. The quantitative estimate of drug-likeness (QED) is 0.750. The zero-order valence-electron chi connectivity index (χ0n) is 18.0. The standard InChI is InChI=1S/C24H28FN5O2/c25-16-4-2-15(3-5-16)24(6-1-7-24)30-18-10-21(23(30)32)28(12-18)13-19(27)22(31)29-17(11-26)8-14-9-20(14)29/h2-5,14,17-21H,1,6-10,12-13,27H2/t14-,17+,18?,19+,20+,21+/m1/s1. The molecule has 32 heavy (non-hydrogen) atoms. The summed E-state index contributed by atoms with van der Waals surface area (Å²) < 4.78 is 13.5. The molecular weight excluding hydrogens is 409 g/mol. The van der Waals surface area contributed by atoms with Crippen molar-refractivity contribution in [1.29, 1.82) is 5.26 Å². The molecule has 6 rings (SSSR count). The van der Waals surface area contributed by atoms with E-state index in [0.717, 1.165) is 44.1 Å². The third-order valence-electron chi connectivity index (χ3n) is 8.55. The van der Waals surface area contributed by atoms with Gasteiger partial charge in [-0.25, -0.2) is 4.39 Å². The SMILES string of the molecule is N#C[C@@H]1C[C@@H]2C[C@@H]2N1C(=O)[C@@H](N)CN1CC2C[C@H]1C(=O)N2C1(c2ccc(F)cc2)CCC1. The molecule has 5 aliphatic rings. The summed E-state index contributed by atoms with van der Waals surface area (Å²) in [6.07, 6.45) is 5.34. The minimum Gasteiger partial charge on any atom is -0.327 e. The Bertz CT molecular complexity index is 1000. The molecule has 3 aliphatic heterocycles. The first-order chi connectivity index (χ1) is 15.4. The minimum atomic E-state index is -0.722. The highest BCUT2D eigenvalue weighted by Crippen LogP contribution is 2.52. The van der Waals surface area contributed by atoms with Gasteiger partial charge in [0.25, 0.3) is 0 Å². The van der Waals surface area contributed by atoms with E-state index in [1.165, 1.54) is 12.1 Å². The van der Waals surface area contributed by atoms with E-state index in [2.05, 4.69) is 15.9 Å². The second kappa shape index (κ2) is 7.00. The largest absolute Gasteiger partial charge is 0.327 e. The Labute approximate surface area is 186 Å². The third kappa shape index (κ3) is 2.77. The van der Waals surface area contributed by atoms with Gasteiger partial charge in [0.2, 0.25) is 11.8 Å². The number of nitriles is 1. The monoisotopic (exact) mass is 437 g/mol. The van der Waals surface area contributed by atoms with E-state index in [1.54, 1.807) is 4.90 Å². The fourth-order valence-corrected chi connectivity index (χ4v) is 6.78. The number of fused-ring (bicyclic) bond motifs is 3. The lowest BCUT2D eigenvalue weighted by Crippen LogP contribution is -2.62. The smallest absolute Gasteiger partial charge is 0.242 e. The maximum absolute atomic E-state index is 13.5. The van der Waals surface area contributed by atoms with Gasteiger partial charge in [0, 0.05) is 25.2 Å². The van der Waals surface area contributed by atoms with Crippen LogP contribution in [0.1, 0.15) is 44.1 Å². The molecule has 2 aliphatic carbocycles. The molecule has 168 valence electrons. The molecule has 3 heterocycles. The Morgan fingerprint density at radius 3 is 2.62 bits per heavy atom. The zero-order valence-corrected chi connectivity index (χ0v) is 18.0. The van der Waals surface area contributed by atoms with Crippen LogP contribution in [-0.4, -0.2) is 69.8 Å². The average Bonchev–Trinajstić information content (AvgIpc) is 3.09. The first kappa shape index (κ1) is 20.1. The number of nitrogens with zero attached hydrogens (tertiary/aromatic N) is 4. The van der Waals surface area contributed by atoms with Crippen molar-refractivity contribution in [2.75, 3.05) is 13.1 Å². The van der Waals surface area contributed by atoms with Crippen molar-refractivity contribution < 1.29 is 14.0 Å². The topological polar surface area (TPSA) is 93.7 Å². The lowest BCUT2D eigenvalue weighted by atomic mass is 9.70. The fraction of sp³-hybridized carbons (Fsp3) is 0.625. The Morgan fingerprint density at radius 1 is 1.25 bits per heavy atom. The number of rotatable bonds is 5. The molecule has 2 bridgehead atoms. The molecule has 0 aromatic heterocycles. The van der Waals surface area contributed by atoms with Crippen LogP contribution in [0.3, 0.4) is 0 Å². The predicted octanol–water partition coefficient (Wildman–Crippen LogP) is 1.33. The Balaban J connectivity index is 1.15. The van der Waals surface area contributed by atoms with Crippen molar-refractivity contribution in [2.45, 2.75) is 74.3 Å². The average molecular weight is 438 g/mol. The van der Waals surface area contributed by atoms with Crippen LogP contribution in [0.5, 0.6) is 0 Å². The molecule has 0 spiro atoms. The van der Waals surface area contributed by atoms with Gasteiger partial charge in [-0.3, -0.25) is 14.5 Å². The van der Waals surface area contributed by atoms with Crippen molar-refractivity contribution in [3.05, 3.63) is 35.6 Å².